The van der Waals surface area contributed by atoms with Gasteiger partial charge in [0, 0.05) is 30.9 Å². The second-order valence-corrected chi connectivity index (χ2v) is 10.7. The summed E-state index contributed by atoms with van der Waals surface area (Å²) in [6.07, 6.45) is 4.01. The van der Waals surface area contributed by atoms with E-state index >= 15 is 0 Å². The molecule has 1 saturated carbocycles. The number of nitrogens with zero attached hydrogens (tertiary/aromatic N) is 5. The quantitative estimate of drug-likeness (QED) is 0.541. The summed E-state index contributed by atoms with van der Waals surface area (Å²) in [7, 11) is 0. The predicted molar refractivity (Wildman–Crippen MR) is 134 cm³/mol. The van der Waals surface area contributed by atoms with Gasteiger partial charge in [-0.05, 0) is 63.6 Å². The number of carbonyl (C=O) groups excluding carboxylic acids is 1. The minimum Gasteiger partial charge on any atom is -0.444 e. The molecule has 2 aliphatic rings. The third-order valence-corrected chi connectivity index (χ3v) is 6.81. The average molecular weight is 487 g/mol. The van der Waals surface area contributed by atoms with Crippen molar-refractivity contribution in [2.24, 2.45) is 5.41 Å². The fraction of sp³-hybridized carbons (Fsp3) is 0.407. The lowest BCUT2D eigenvalue weighted by molar-refractivity contribution is 0.0188. The van der Waals surface area contributed by atoms with Gasteiger partial charge in [-0.2, -0.15) is 10.4 Å². The van der Waals surface area contributed by atoms with Gasteiger partial charge in [0.05, 0.1) is 6.04 Å². The first kappa shape index (κ1) is 23.7. The summed E-state index contributed by atoms with van der Waals surface area (Å²) in [5.74, 6) is 1.51. The summed E-state index contributed by atoms with van der Waals surface area (Å²) < 4.78 is 13.1. The van der Waals surface area contributed by atoms with Crippen LogP contribution in [0.15, 0.2) is 48.7 Å². The summed E-state index contributed by atoms with van der Waals surface area (Å²) in [6, 6.07) is 15.3. The highest BCUT2D eigenvalue weighted by molar-refractivity contribution is 5.72. The zero-order valence-electron chi connectivity index (χ0n) is 20.8. The van der Waals surface area contributed by atoms with Crippen LogP contribution in [0.1, 0.15) is 51.6 Å². The molecule has 3 heterocycles. The van der Waals surface area contributed by atoms with Crippen molar-refractivity contribution in [3.05, 3.63) is 54.2 Å². The van der Waals surface area contributed by atoms with E-state index in [2.05, 4.69) is 11.1 Å². The molecular formula is C27H30N6O3. The molecule has 1 saturated heterocycles. The second-order valence-electron chi connectivity index (χ2n) is 10.7. The van der Waals surface area contributed by atoms with E-state index in [-0.39, 0.29) is 17.6 Å². The number of nitrogen functional groups attached to an aromatic ring is 1. The fourth-order valence-corrected chi connectivity index (χ4v) is 5.09. The van der Waals surface area contributed by atoms with E-state index in [9.17, 15) is 10.1 Å². The maximum atomic E-state index is 12.5. The molecule has 2 fully saturated rings. The van der Waals surface area contributed by atoms with E-state index < -0.39 is 5.60 Å². The third-order valence-electron chi connectivity index (χ3n) is 6.81. The van der Waals surface area contributed by atoms with E-state index in [1.807, 2.05) is 57.2 Å². The lowest BCUT2D eigenvalue weighted by atomic mass is 9.65. The van der Waals surface area contributed by atoms with Crippen molar-refractivity contribution < 1.29 is 14.3 Å². The Bertz CT molecular complexity index is 1300. The molecule has 0 atom stereocenters. The molecule has 3 aromatic rings. The molecule has 5 rings (SSSR count). The van der Waals surface area contributed by atoms with Crippen molar-refractivity contribution in [2.45, 2.75) is 51.7 Å². The number of para-hydroxylation sites is 1. The molecule has 1 aromatic carbocycles. The number of ether oxygens (including phenoxy) is 2. The van der Waals surface area contributed by atoms with Crippen molar-refractivity contribution in [2.75, 3.05) is 18.8 Å². The number of carbonyl (C=O) groups is 1. The van der Waals surface area contributed by atoms with E-state index in [0.29, 0.717) is 47.4 Å². The summed E-state index contributed by atoms with van der Waals surface area (Å²) in [5, 5.41) is 14.5. The number of benzene rings is 1. The molecule has 2 N–H and O–H groups in total. The maximum absolute atomic E-state index is 12.5. The molecular weight excluding hydrogens is 456 g/mol. The maximum Gasteiger partial charge on any atom is 0.410 e. The van der Waals surface area contributed by atoms with Crippen LogP contribution in [0.4, 0.5) is 10.6 Å². The molecule has 1 aliphatic carbocycles. The Morgan fingerprint density at radius 2 is 1.94 bits per heavy atom. The molecule has 2 aromatic heterocycles. The minimum atomic E-state index is -0.511. The van der Waals surface area contributed by atoms with Gasteiger partial charge < -0.3 is 20.1 Å². The number of hydrogen-bond donors (Lipinski definition) is 1. The molecule has 0 radical (unpaired) electrons. The molecule has 9 nitrogen and oxygen atoms in total. The van der Waals surface area contributed by atoms with Gasteiger partial charge >= 0.3 is 6.09 Å². The highest BCUT2D eigenvalue weighted by atomic mass is 16.6. The predicted octanol–water partition coefficient (Wildman–Crippen LogP) is 5.15. The van der Waals surface area contributed by atoms with Gasteiger partial charge in [-0.25, -0.2) is 14.5 Å². The second kappa shape index (κ2) is 8.86. The van der Waals surface area contributed by atoms with Crippen LogP contribution in [-0.4, -0.2) is 44.4 Å². The van der Waals surface area contributed by atoms with Gasteiger partial charge in [-0.3, -0.25) is 0 Å². The van der Waals surface area contributed by atoms with Crippen molar-refractivity contribution in [3.8, 4) is 29.0 Å². The molecule has 9 heteroatoms. The number of hydrogen-bond acceptors (Lipinski definition) is 7. The van der Waals surface area contributed by atoms with Crippen LogP contribution < -0.4 is 10.5 Å². The zero-order valence-corrected chi connectivity index (χ0v) is 20.8. The smallest absolute Gasteiger partial charge is 0.410 e. The summed E-state index contributed by atoms with van der Waals surface area (Å²) in [6.45, 7) is 6.99. The van der Waals surface area contributed by atoms with Crippen LogP contribution in [0.5, 0.6) is 11.6 Å². The Balaban J connectivity index is 1.28. The van der Waals surface area contributed by atoms with E-state index in [1.165, 1.54) is 0 Å². The van der Waals surface area contributed by atoms with Gasteiger partial charge in [0.1, 0.15) is 34.5 Å². The van der Waals surface area contributed by atoms with Crippen LogP contribution >= 0.6 is 0 Å². The van der Waals surface area contributed by atoms with Gasteiger partial charge in [0.25, 0.3) is 0 Å². The van der Waals surface area contributed by atoms with Crippen LogP contribution in [0.25, 0.3) is 11.3 Å². The topological polar surface area (TPSA) is 119 Å². The first-order chi connectivity index (χ1) is 17.2. The Labute approximate surface area is 210 Å². The Kier molecular flexibility index (Phi) is 5.83. The van der Waals surface area contributed by atoms with Crippen molar-refractivity contribution in [1.29, 1.82) is 5.26 Å². The van der Waals surface area contributed by atoms with E-state index in [1.54, 1.807) is 21.8 Å². The number of nitrogens with two attached hydrogens (primary N) is 1. The number of amides is 1. The minimum absolute atomic E-state index is 0.0465. The number of rotatable bonds is 4. The molecule has 1 amide bonds. The molecule has 186 valence electrons. The molecule has 1 spiro atoms. The van der Waals surface area contributed by atoms with Crippen molar-refractivity contribution in [1.82, 2.24) is 19.7 Å². The number of aromatic nitrogens is 3. The van der Waals surface area contributed by atoms with Gasteiger partial charge in [-0.1, -0.05) is 18.2 Å². The van der Waals surface area contributed by atoms with Gasteiger partial charge in [0.2, 0.25) is 5.88 Å². The first-order valence-electron chi connectivity index (χ1n) is 12.1. The van der Waals surface area contributed by atoms with Gasteiger partial charge in [0.15, 0.2) is 0 Å². The van der Waals surface area contributed by atoms with Crippen LogP contribution in [-0.2, 0) is 4.74 Å². The number of anilines is 1. The average Bonchev–Trinajstić information content (AvgIpc) is 3.40. The van der Waals surface area contributed by atoms with E-state index in [4.69, 9.17) is 20.3 Å². The van der Waals surface area contributed by atoms with Crippen LogP contribution in [0.2, 0.25) is 0 Å². The molecule has 0 unspecified atom stereocenters. The lowest BCUT2D eigenvalue weighted by Gasteiger charge is -2.45. The number of pyridine rings is 1. The van der Waals surface area contributed by atoms with Gasteiger partial charge in [-0.15, -0.1) is 0 Å². The fourth-order valence-electron chi connectivity index (χ4n) is 5.09. The first-order valence-corrected chi connectivity index (χ1v) is 12.1. The standard InChI is InChI=1S/C27H30N6O3/c1-26(2,3)36-25(34)32-12-11-27(17-32)13-19(14-27)33-24(29)21(15-28)23(31-33)18-9-10-22(30-16-18)35-20-7-5-4-6-8-20/h4-10,16,19H,11-14,17,29H2,1-3H3/t19-,27+. The van der Waals surface area contributed by atoms with Crippen LogP contribution in [0, 0.1) is 16.7 Å². The Hall–Kier alpha value is -4.06. The summed E-state index contributed by atoms with van der Waals surface area (Å²) >= 11 is 0. The highest BCUT2D eigenvalue weighted by Crippen LogP contribution is 2.54. The van der Waals surface area contributed by atoms with Crippen molar-refractivity contribution >= 4 is 11.9 Å². The Morgan fingerprint density at radius 3 is 2.58 bits per heavy atom. The number of likely N-dealkylation sites (tertiary alicyclic amines) is 1. The normalized spacial score (nSPS) is 21.2. The SMILES string of the molecule is CC(C)(C)OC(=O)N1CC[C@]2(C1)C[C@@H](n1nc(-c3ccc(Oc4ccccc4)nc3)c(C#N)c1N)C2. The number of nitriles is 1. The summed E-state index contributed by atoms with van der Waals surface area (Å²) in [5.41, 5.74) is 7.46. The molecule has 1 aliphatic heterocycles. The summed E-state index contributed by atoms with van der Waals surface area (Å²) in [4.78, 5) is 18.7. The van der Waals surface area contributed by atoms with E-state index in [0.717, 1.165) is 19.3 Å². The largest absolute Gasteiger partial charge is 0.444 e. The monoisotopic (exact) mass is 486 g/mol. The third kappa shape index (κ3) is 4.59. The zero-order chi connectivity index (χ0) is 25.5. The molecule has 0 bridgehead atoms. The lowest BCUT2D eigenvalue weighted by Crippen LogP contribution is -2.43. The Morgan fingerprint density at radius 1 is 1.19 bits per heavy atom. The molecule has 36 heavy (non-hydrogen) atoms. The van der Waals surface area contributed by atoms with Crippen molar-refractivity contribution in [3.63, 3.8) is 0 Å². The van der Waals surface area contributed by atoms with Crippen LogP contribution in [0.3, 0.4) is 0 Å². The highest BCUT2D eigenvalue weighted by Gasteiger charge is 2.51.